The maximum absolute atomic E-state index is 13.1. The molecule has 3 aromatic rings. The molecule has 1 aliphatic rings. The number of oxazole rings is 1. The number of nitro benzene ring substituents is 1. The Morgan fingerprint density at radius 1 is 1.18 bits per heavy atom. The minimum absolute atomic E-state index is 0.0583. The van der Waals surface area contributed by atoms with Gasteiger partial charge in [0.2, 0.25) is 5.89 Å². The molecule has 8 nitrogen and oxygen atoms in total. The zero-order valence-corrected chi connectivity index (χ0v) is 18.0. The van der Waals surface area contributed by atoms with Gasteiger partial charge in [0.25, 0.3) is 5.69 Å². The van der Waals surface area contributed by atoms with Gasteiger partial charge in [0, 0.05) is 18.1 Å². The largest absolute Gasteiger partial charge is 0.458 e. The van der Waals surface area contributed by atoms with Gasteiger partial charge in [-0.3, -0.25) is 10.1 Å². The molecule has 2 aromatic carbocycles. The summed E-state index contributed by atoms with van der Waals surface area (Å²) in [5, 5.41) is 11.2. The lowest BCUT2D eigenvalue weighted by Crippen LogP contribution is -2.30. The molecule has 1 aromatic heterocycles. The molecule has 1 heterocycles. The number of aromatic nitrogens is 1. The van der Waals surface area contributed by atoms with Crippen molar-refractivity contribution in [1.29, 1.82) is 0 Å². The predicted molar refractivity (Wildman–Crippen MR) is 116 cm³/mol. The maximum atomic E-state index is 13.1. The van der Waals surface area contributed by atoms with Crippen molar-refractivity contribution < 1.29 is 28.0 Å². The van der Waals surface area contributed by atoms with Gasteiger partial charge in [-0.25, -0.2) is 14.2 Å². The van der Waals surface area contributed by atoms with Crippen molar-refractivity contribution in [2.45, 2.75) is 51.4 Å². The van der Waals surface area contributed by atoms with Crippen molar-refractivity contribution in [3.63, 3.8) is 0 Å². The third-order valence-corrected chi connectivity index (χ3v) is 5.61. The van der Waals surface area contributed by atoms with Crippen LogP contribution in [0.15, 0.2) is 52.9 Å². The Hall–Kier alpha value is -3.59. The molecule has 0 saturated heterocycles. The summed E-state index contributed by atoms with van der Waals surface area (Å²) in [6, 6.07) is 11.6. The summed E-state index contributed by atoms with van der Waals surface area (Å²) < 4.78 is 30.4. The standard InChI is InChI=1S/C24H23FN2O6/c1-15-21(26-23(32-15)16-9-11-17(25)12-10-16)14-31-18-5-4-6-19(13-18)33-24(28)20-7-2-3-8-22(20)27(29)30/h2-3,7-12,18-19H,4-6,13-14H2,1H3/t18-,19+/m0/s1. The number of ether oxygens (including phenoxy) is 2. The third kappa shape index (κ3) is 5.43. The van der Waals surface area contributed by atoms with Gasteiger partial charge in [-0.2, -0.15) is 0 Å². The van der Waals surface area contributed by atoms with E-state index in [4.69, 9.17) is 13.9 Å². The van der Waals surface area contributed by atoms with E-state index in [1.54, 1.807) is 25.1 Å². The van der Waals surface area contributed by atoms with Gasteiger partial charge in [-0.15, -0.1) is 0 Å². The molecule has 1 saturated carbocycles. The van der Waals surface area contributed by atoms with Crippen LogP contribution in [0.1, 0.15) is 47.5 Å². The van der Waals surface area contributed by atoms with Gasteiger partial charge >= 0.3 is 5.97 Å². The Morgan fingerprint density at radius 2 is 1.91 bits per heavy atom. The molecule has 1 aliphatic carbocycles. The molecule has 0 bridgehead atoms. The number of carbonyl (C=O) groups is 1. The van der Waals surface area contributed by atoms with Crippen LogP contribution in [0.25, 0.3) is 11.5 Å². The quantitative estimate of drug-likeness (QED) is 0.268. The van der Waals surface area contributed by atoms with Crippen molar-refractivity contribution in [2.24, 2.45) is 0 Å². The fourth-order valence-corrected chi connectivity index (χ4v) is 3.86. The maximum Gasteiger partial charge on any atom is 0.345 e. The van der Waals surface area contributed by atoms with Gasteiger partial charge in [-0.05, 0) is 56.5 Å². The molecule has 0 spiro atoms. The summed E-state index contributed by atoms with van der Waals surface area (Å²) in [7, 11) is 0. The number of benzene rings is 2. The first-order valence-electron chi connectivity index (χ1n) is 10.7. The van der Waals surface area contributed by atoms with Gasteiger partial charge in [0.1, 0.15) is 28.9 Å². The molecule has 0 unspecified atom stereocenters. The summed E-state index contributed by atoms with van der Waals surface area (Å²) in [5.41, 5.74) is 0.986. The van der Waals surface area contributed by atoms with E-state index in [1.807, 2.05) is 0 Å². The third-order valence-electron chi connectivity index (χ3n) is 5.61. The number of rotatable bonds is 7. The van der Waals surface area contributed by atoms with Gasteiger partial charge < -0.3 is 13.9 Å². The number of para-hydroxylation sites is 1. The molecule has 4 rings (SSSR count). The lowest BCUT2D eigenvalue weighted by Gasteiger charge is -2.28. The van der Waals surface area contributed by atoms with Crippen LogP contribution < -0.4 is 0 Å². The van der Waals surface area contributed by atoms with Crippen LogP contribution in [0.5, 0.6) is 0 Å². The Morgan fingerprint density at radius 3 is 2.67 bits per heavy atom. The van der Waals surface area contributed by atoms with E-state index in [2.05, 4.69) is 4.98 Å². The Bertz CT molecular complexity index is 1140. The highest BCUT2D eigenvalue weighted by Gasteiger charge is 2.29. The van der Waals surface area contributed by atoms with E-state index in [-0.39, 0.29) is 35.9 Å². The van der Waals surface area contributed by atoms with Crippen LogP contribution in [-0.2, 0) is 16.1 Å². The highest BCUT2D eigenvalue weighted by molar-refractivity contribution is 5.93. The number of halogens is 1. The average Bonchev–Trinajstić information content (AvgIpc) is 3.18. The van der Waals surface area contributed by atoms with Crippen LogP contribution in [-0.4, -0.2) is 28.1 Å². The molecular formula is C24H23FN2O6. The second kappa shape index (κ2) is 9.91. The molecular weight excluding hydrogens is 431 g/mol. The van der Waals surface area contributed by atoms with Crippen molar-refractivity contribution in [2.75, 3.05) is 0 Å². The fraction of sp³-hybridized carbons (Fsp3) is 0.333. The normalized spacial score (nSPS) is 18.1. The molecule has 9 heteroatoms. The second-order valence-electron chi connectivity index (χ2n) is 7.93. The fourth-order valence-electron chi connectivity index (χ4n) is 3.86. The SMILES string of the molecule is Cc1oc(-c2ccc(F)cc2)nc1CO[C@H]1CCC[C@@H](OC(=O)c2ccccc2[N+](=O)[O-])C1. The predicted octanol–water partition coefficient (Wildman–Crippen LogP) is 5.38. The van der Waals surface area contributed by atoms with Crippen LogP contribution >= 0.6 is 0 Å². The van der Waals surface area contributed by atoms with Gasteiger partial charge in [-0.1, -0.05) is 12.1 Å². The highest BCUT2D eigenvalue weighted by Crippen LogP contribution is 2.28. The molecule has 33 heavy (non-hydrogen) atoms. The molecule has 0 N–H and O–H groups in total. The Balaban J connectivity index is 1.35. The Labute approximate surface area is 189 Å². The monoisotopic (exact) mass is 454 g/mol. The molecule has 0 radical (unpaired) electrons. The summed E-state index contributed by atoms with van der Waals surface area (Å²) in [4.78, 5) is 27.6. The number of hydrogen-bond acceptors (Lipinski definition) is 7. The van der Waals surface area contributed by atoms with E-state index in [1.165, 1.54) is 30.3 Å². The van der Waals surface area contributed by atoms with Crippen molar-refractivity contribution in [1.82, 2.24) is 4.98 Å². The van der Waals surface area contributed by atoms with Crippen molar-refractivity contribution in [3.05, 3.63) is 81.5 Å². The van der Waals surface area contributed by atoms with Crippen LogP contribution in [0.4, 0.5) is 10.1 Å². The topological polar surface area (TPSA) is 105 Å². The van der Waals surface area contributed by atoms with E-state index < -0.39 is 10.9 Å². The second-order valence-corrected chi connectivity index (χ2v) is 7.93. The van der Waals surface area contributed by atoms with Crippen LogP contribution in [0, 0.1) is 22.9 Å². The number of nitrogens with zero attached hydrogens (tertiary/aromatic N) is 2. The summed E-state index contributed by atoms with van der Waals surface area (Å²) in [6.07, 6.45) is 2.24. The van der Waals surface area contributed by atoms with Gasteiger partial charge in [0.05, 0.1) is 17.6 Å². The zero-order chi connectivity index (χ0) is 23.4. The molecule has 1 fully saturated rings. The first kappa shape index (κ1) is 22.6. The molecule has 2 atom stereocenters. The van der Waals surface area contributed by atoms with E-state index in [9.17, 15) is 19.3 Å². The lowest BCUT2D eigenvalue weighted by molar-refractivity contribution is -0.385. The molecule has 172 valence electrons. The van der Waals surface area contributed by atoms with E-state index in [0.29, 0.717) is 35.7 Å². The minimum atomic E-state index is -0.704. The van der Waals surface area contributed by atoms with Gasteiger partial charge in [0.15, 0.2) is 0 Å². The number of aryl methyl sites for hydroxylation is 1. The number of carbonyl (C=O) groups excluding carboxylic acids is 1. The lowest BCUT2D eigenvalue weighted by atomic mass is 9.94. The number of esters is 1. The van der Waals surface area contributed by atoms with E-state index in [0.717, 1.165) is 12.8 Å². The number of hydrogen-bond donors (Lipinski definition) is 0. The molecule has 0 aliphatic heterocycles. The summed E-state index contributed by atoms with van der Waals surface area (Å²) >= 11 is 0. The first-order chi connectivity index (χ1) is 15.9. The van der Waals surface area contributed by atoms with Crippen molar-refractivity contribution in [3.8, 4) is 11.5 Å². The minimum Gasteiger partial charge on any atom is -0.458 e. The average molecular weight is 454 g/mol. The smallest absolute Gasteiger partial charge is 0.345 e. The van der Waals surface area contributed by atoms with Crippen LogP contribution in [0.3, 0.4) is 0 Å². The zero-order valence-electron chi connectivity index (χ0n) is 18.0. The van der Waals surface area contributed by atoms with Crippen LogP contribution in [0.2, 0.25) is 0 Å². The highest BCUT2D eigenvalue weighted by atomic mass is 19.1. The molecule has 0 amide bonds. The summed E-state index contributed by atoms with van der Waals surface area (Å²) in [5.74, 6) is -0.0280. The van der Waals surface area contributed by atoms with E-state index >= 15 is 0 Å². The Kier molecular flexibility index (Phi) is 6.79. The number of nitro groups is 1. The van der Waals surface area contributed by atoms with Crippen molar-refractivity contribution >= 4 is 11.7 Å². The first-order valence-corrected chi connectivity index (χ1v) is 10.7. The summed E-state index contributed by atoms with van der Waals surface area (Å²) in [6.45, 7) is 2.02.